The lowest BCUT2D eigenvalue weighted by atomic mass is 10.1. The Morgan fingerprint density at radius 2 is 0.667 bits per heavy atom. The third-order valence-corrected chi connectivity index (χ3v) is 9.87. The van der Waals surface area contributed by atoms with Crippen molar-refractivity contribution in [3.8, 4) is 0 Å². The number of hydrogen-bond acceptors (Lipinski definition) is 6. The van der Waals surface area contributed by atoms with Gasteiger partial charge in [0.15, 0.2) is 6.10 Å². The maximum absolute atomic E-state index is 12.7. The molecular weight excluding hydrogens is 673 g/mol. The van der Waals surface area contributed by atoms with Crippen LogP contribution in [-0.2, 0) is 28.6 Å². The summed E-state index contributed by atoms with van der Waals surface area (Å²) in [4.78, 5) is 37.5. The molecule has 6 nitrogen and oxygen atoms in total. The fraction of sp³-hybridized carbons (Fsp3) is 0.812. The highest BCUT2D eigenvalue weighted by Gasteiger charge is 2.19. The fourth-order valence-corrected chi connectivity index (χ4v) is 6.35. The van der Waals surface area contributed by atoms with Crippen molar-refractivity contribution in [3.63, 3.8) is 0 Å². The van der Waals surface area contributed by atoms with Crippen LogP contribution in [-0.4, -0.2) is 37.2 Å². The number of esters is 3. The lowest BCUT2D eigenvalue weighted by Crippen LogP contribution is -2.30. The SMILES string of the molecule is CCCCCC/C=C\C/C=C\CCCCCCCC(=O)OCC(COC(=O)CCCCCCC)OC(=O)CCCCCCC/C=C\CCCCCCCC. The number of allylic oxidation sites excluding steroid dienone is 6. The molecule has 0 N–H and O–H groups in total. The van der Waals surface area contributed by atoms with E-state index in [1.165, 1.54) is 96.3 Å². The first-order chi connectivity index (χ1) is 26.5. The second-order valence-electron chi connectivity index (χ2n) is 15.3. The first-order valence-corrected chi connectivity index (χ1v) is 23.0. The molecule has 0 aromatic heterocycles. The number of unbranched alkanes of at least 4 members (excludes halogenated alkanes) is 24. The molecule has 0 aliphatic heterocycles. The highest BCUT2D eigenvalue weighted by Crippen LogP contribution is 2.13. The van der Waals surface area contributed by atoms with Crippen LogP contribution in [0.25, 0.3) is 0 Å². The summed E-state index contributed by atoms with van der Waals surface area (Å²) in [5.41, 5.74) is 0. The van der Waals surface area contributed by atoms with Crippen molar-refractivity contribution >= 4 is 17.9 Å². The van der Waals surface area contributed by atoms with E-state index >= 15 is 0 Å². The molecule has 6 heteroatoms. The third-order valence-electron chi connectivity index (χ3n) is 9.87. The van der Waals surface area contributed by atoms with Crippen molar-refractivity contribution in [1.82, 2.24) is 0 Å². The molecule has 0 aromatic rings. The Balaban J connectivity index is 4.25. The molecule has 1 atom stereocenters. The van der Waals surface area contributed by atoms with E-state index in [2.05, 4.69) is 57.2 Å². The maximum Gasteiger partial charge on any atom is 0.306 e. The minimum atomic E-state index is -0.775. The maximum atomic E-state index is 12.7. The molecule has 0 bridgehead atoms. The van der Waals surface area contributed by atoms with Gasteiger partial charge in [0.1, 0.15) is 13.2 Å². The van der Waals surface area contributed by atoms with Gasteiger partial charge >= 0.3 is 17.9 Å². The molecule has 0 aromatic carbocycles. The van der Waals surface area contributed by atoms with Crippen LogP contribution in [0.2, 0.25) is 0 Å². The Bertz CT molecular complexity index is 922. The zero-order valence-electron chi connectivity index (χ0n) is 35.7. The Morgan fingerprint density at radius 1 is 0.370 bits per heavy atom. The van der Waals surface area contributed by atoms with Gasteiger partial charge in [-0.1, -0.05) is 173 Å². The second-order valence-corrected chi connectivity index (χ2v) is 15.3. The van der Waals surface area contributed by atoms with Crippen LogP contribution < -0.4 is 0 Å². The minimum absolute atomic E-state index is 0.0804. The molecule has 0 radical (unpaired) electrons. The predicted octanol–water partition coefficient (Wildman–Crippen LogP) is 14.6. The first-order valence-electron chi connectivity index (χ1n) is 23.0. The summed E-state index contributed by atoms with van der Waals surface area (Å²) in [5.74, 6) is -0.915. The van der Waals surface area contributed by atoms with Gasteiger partial charge in [-0.05, 0) is 77.0 Å². The van der Waals surface area contributed by atoms with Crippen LogP contribution >= 0.6 is 0 Å². The van der Waals surface area contributed by atoms with Gasteiger partial charge in [-0.15, -0.1) is 0 Å². The second kappa shape index (κ2) is 43.4. The summed E-state index contributed by atoms with van der Waals surface area (Å²) in [6.45, 7) is 6.51. The first kappa shape index (κ1) is 51.6. The summed E-state index contributed by atoms with van der Waals surface area (Å²) >= 11 is 0. The van der Waals surface area contributed by atoms with E-state index in [0.29, 0.717) is 19.3 Å². The molecule has 0 saturated heterocycles. The number of carbonyl (C=O) groups is 3. The largest absolute Gasteiger partial charge is 0.462 e. The molecule has 0 rings (SSSR count). The summed E-state index contributed by atoms with van der Waals surface area (Å²) in [6, 6.07) is 0. The van der Waals surface area contributed by atoms with E-state index in [1.54, 1.807) is 0 Å². The molecular formula is C48H86O6. The Hall–Kier alpha value is -2.37. The summed E-state index contributed by atoms with van der Waals surface area (Å²) < 4.78 is 16.6. The van der Waals surface area contributed by atoms with Crippen LogP contribution in [0, 0.1) is 0 Å². The van der Waals surface area contributed by atoms with Gasteiger partial charge in [-0.3, -0.25) is 14.4 Å². The van der Waals surface area contributed by atoms with Crippen molar-refractivity contribution < 1.29 is 28.6 Å². The predicted molar refractivity (Wildman–Crippen MR) is 229 cm³/mol. The lowest BCUT2D eigenvalue weighted by molar-refractivity contribution is -0.167. The van der Waals surface area contributed by atoms with Gasteiger partial charge in [0.2, 0.25) is 0 Å². The zero-order chi connectivity index (χ0) is 39.4. The van der Waals surface area contributed by atoms with Crippen LogP contribution in [0.1, 0.15) is 233 Å². The van der Waals surface area contributed by atoms with Crippen LogP contribution in [0.4, 0.5) is 0 Å². The van der Waals surface area contributed by atoms with Gasteiger partial charge in [0.05, 0.1) is 0 Å². The van der Waals surface area contributed by atoms with E-state index in [-0.39, 0.29) is 31.1 Å². The average Bonchev–Trinajstić information content (AvgIpc) is 3.17. The molecule has 0 aliphatic carbocycles. The van der Waals surface area contributed by atoms with E-state index in [0.717, 1.165) is 96.3 Å². The third kappa shape index (κ3) is 40.8. The number of rotatable bonds is 41. The molecule has 0 amide bonds. The van der Waals surface area contributed by atoms with Crippen molar-refractivity contribution in [2.45, 2.75) is 239 Å². The van der Waals surface area contributed by atoms with Gasteiger partial charge in [-0.2, -0.15) is 0 Å². The normalized spacial score (nSPS) is 12.3. The zero-order valence-corrected chi connectivity index (χ0v) is 35.7. The van der Waals surface area contributed by atoms with Crippen LogP contribution in [0.3, 0.4) is 0 Å². The summed E-state index contributed by atoms with van der Waals surface area (Å²) in [5, 5.41) is 0. The molecule has 1 unspecified atom stereocenters. The smallest absolute Gasteiger partial charge is 0.306 e. The fourth-order valence-electron chi connectivity index (χ4n) is 6.35. The van der Waals surface area contributed by atoms with Gasteiger partial charge in [-0.25, -0.2) is 0 Å². The summed E-state index contributed by atoms with van der Waals surface area (Å²) in [7, 11) is 0. The lowest BCUT2D eigenvalue weighted by Gasteiger charge is -2.18. The van der Waals surface area contributed by atoms with Gasteiger partial charge in [0, 0.05) is 19.3 Å². The standard InChI is InChI=1S/C48H86O6/c1-4-7-10-13-15-17-19-21-23-25-26-28-30-32-35-38-41-47(50)53-44-45(43-52-46(49)40-37-34-12-9-6-3)54-48(51)42-39-36-33-31-29-27-24-22-20-18-16-14-11-8-5-2/h17,19,22-25,45H,4-16,18,20-21,26-44H2,1-3H3/b19-17-,24-22-,25-23-. The molecule has 0 heterocycles. The highest BCUT2D eigenvalue weighted by molar-refractivity contribution is 5.71. The Kier molecular flexibility index (Phi) is 41.5. The number of hydrogen-bond donors (Lipinski definition) is 0. The quantitative estimate of drug-likeness (QED) is 0.0267. The molecule has 314 valence electrons. The molecule has 0 saturated carbocycles. The Labute approximate surface area is 334 Å². The van der Waals surface area contributed by atoms with E-state index in [4.69, 9.17) is 14.2 Å². The molecule has 0 aliphatic rings. The van der Waals surface area contributed by atoms with Crippen molar-refractivity contribution in [2.75, 3.05) is 13.2 Å². The topological polar surface area (TPSA) is 78.9 Å². The number of carbonyl (C=O) groups excluding carboxylic acids is 3. The van der Waals surface area contributed by atoms with Crippen LogP contribution in [0.15, 0.2) is 36.5 Å². The monoisotopic (exact) mass is 759 g/mol. The van der Waals surface area contributed by atoms with E-state index in [9.17, 15) is 14.4 Å². The van der Waals surface area contributed by atoms with E-state index in [1.807, 2.05) is 0 Å². The summed E-state index contributed by atoms with van der Waals surface area (Å²) in [6.07, 6.45) is 48.7. The molecule has 54 heavy (non-hydrogen) atoms. The minimum Gasteiger partial charge on any atom is -0.462 e. The van der Waals surface area contributed by atoms with Crippen LogP contribution in [0.5, 0.6) is 0 Å². The highest BCUT2D eigenvalue weighted by atomic mass is 16.6. The number of ether oxygens (including phenoxy) is 3. The van der Waals surface area contributed by atoms with Crippen molar-refractivity contribution in [2.24, 2.45) is 0 Å². The van der Waals surface area contributed by atoms with Gasteiger partial charge < -0.3 is 14.2 Å². The van der Waals surface area contributed by atoms with Gasteiger partial charge in [0.25, 0.3) is 0 Å². The van der Waals surface area contributed by atoms with Crippen molar-refractivity contribution in [1.29, 1.82) is 0 Å². The average molecular weight is 759 g/mol. The Morgan fingerprint density at radius 3 is 1.06 bits per heavy atom. The molecule has 0 spiro atoms. The van der Waals surface area contributed by atoms with E-state index < -0.39 is 6.10 Å². The molecule has 0 fully saturated rings. The van der Waals surface area contributed by atoms with Crippen molar-refractivity contribution in [3.05, 3.63) is 36.5 Å².